The number of hydrogen-bond donors (Lipinski definition) is 0. The molecule has 0 fully saturated rings. The third kappa shape index (κ3) is 7.26. The fourth-order valence-corrected chi connectivity index (χ4v) is 2.86. The molecule has 0 aliphatic rings. The van der Waals surface area contributed by atoms with Crippen LogP contribution in [0.25, 0.3) is 0 Å². The lowest BCUT2D eigenvalue weighted by Gasteiger charge is -2.03. The minimum atomic E-state index is 0.0339. The first-order chi connectivity index (χ1) is 12.8. The second-order valence-electron chi connectivity index (χ2n) is 6.62. The molecular weight excluding hydrogens is 320 g/mol. The molecule has 2 aromatic rings. The summed E-state index contributed by atoms with van der Waals surface area (Å²) in [5, 5.41) is 0. The van der Waals surface area contributed by atoms with Crippen molar-refractivity contribution in [1.29, 1.82) is 0 Å². The first kappa shape index (κ1) is 20.0. The van der Waals surface area contributed by atoms with Crippen LogP contribution >= 0.6 is 0 Å². The molecule has 0 bridgehead atoms. The van der Waals surface area contributed by atoms with E-state index in [0.29, 0.717) is 11.1 Å². The first-order valence-corrected chi connectivity index (χ1v) is 9.82. The van der Waals surface area contributed by atoms with E-state index in [4.69, 9.17) is 4.74 Å². The van der Waals surface area contributed by atoms with Crippen LogP contribution in [0.2, 0.25) is 0 Å². The molecule has 0 aliphatic heterocycles. The summed E-state index contributed by atoms with van der Waals surface area (Å²) >= 11 is 0. The van der Waals surface area contributed by atoms with Crippen LogP contribution < -0.4 is 4.74 Å². The van der Waals surface area contributed by atoms with Crippen molar-refractivity contribution in [1.82, 2.24) is 0 Å². The van der Waals surface area contributed by atoms with Crippen LogP contribution in [0.15, 0.2) is 66.9 Å². The average Bonchev–Trinajstić information content (AvgIpc) is 2.70. The second kappa shape index (κ2) is 12.1. The highest BCUT2D eigenvalue weighted by Gasteiger charge is 2.07. The van der Waals surface area contributed by atoms with Crippen molar-refractivity contribution < 1.29 is 9.53 Å². The minimum absolute atomic E-state index is 0.0339. The highest BCUT2D eigenvalue weighted by molar-refractivity contribution is 6.08. The monoisotopic (exact) mass is 350 g/mol. The quantitative estimate of drug-likeness (QED) is 0.235. The SMILES string of the molecule is CCCCCCCCCC=COc1ccc(C(=O)c2ccccc2)cc1. The number of carbonyl (C=O) groups is 1. The molecule has 0 aliphatic carbocycles. The number of rotatable bonds is 12. The summed E-state index contributed by atoms with van der Waals surface area (Å²) in [6.07, 6.45) is 14.1. The average molecular weight is 351 g/mol. The van der Waals surface area contributed by atoms with Gasteiger partial charge in [-0.3, -0.25) is 4.79 Å². The van der Waals surface area contributed by atoms with Crippen molar-refractivity contribution in [2.45, 2.75) is 58.3 Å². The van der Waals surface area contributed by atoms with E-state index in [0.717, 1.165) is 12.2 Å². The molecule has 0 radical (unpaired) electrons. The molecule has 138 valence electrons. The maximum atomic E-state index is 12.3. The second-order valence-corrected chi connectivity index (χ2v) is 6.62. The van der Waals surface area contributed by atoms with Crippen LogP contribution in [0, 0.1) is 0 Å². The van der Waals surface area contributed by atoms with E-state index in [-0.39, 0.29) is 5.78 Å². The topological polar surface area (TPSA) is 26.3 Å². The number of ketones is 1. The number of hydrogen-bond acceptors (Lipinski definition) is 2. The minimum Gasteiger partial charge on any atom is -0.465 e. The number of benzene rings is 2. The van der Waals surface area contributed by atoms with Gasteiger partial charge < -0.3 is 4.74 Å². The summed E-state index contributed by atoms with van der Waals surface area (Å²) in [6, 6.07) is 16.6. The Kier molecular flexibility index (Phi) is 9.27. The van der Waals surface area contributed by atoms with Gasteiger partial charge in [-0.1, -0.05) is 75.8 Å². The molecule has 0 saturated carbocycles. The molecule has 2 aromatic carbocycles. The maximum Gasteiger partial charge on any atom is 0.193 e. The molecule has 2 rings (SSSR count). The largest absolute Gasteiger partial charge is 0.465 e. The number of allylic oxidation sites excluding steroid dienone is 1. The molecule has 0 amide bonds. The lowest BCUT2D eigenvalue weighted by molar-refractivity contribution is 0.103. The molecule has 0 spiro atoms. The van der Waals surface area contributed by atoms with E-state index in [1.807, 2.05) is 54.6 Å². The van der Waals surface area contributed by atoms with Gasteiger partial charge in [0.2, 0.25) is 0 Å². The third-order valence-electron chi connectivity index (χ3n) is 4.43. The van der Waals surface area contributed by atoms with Gasteiger partial charge in [-0.15, -0.1) is 0 Å². The standard InChI is InChI=1S/C24H30O2/c1-2-3-4-5-6-7-8-9-13-20-26-23-18-16-22(17-19-23)24(25)21-14-11-10-12-15-21/h10-20H,2-9H2,1H3. The van der Waals surface area contributed by atoms with Gasteiger partial charge in [0.15, 0.2) is 5.78 Å². The van der Waals surface area contributed by atoms with E-state index >= 15 is 0 Å². The smallest absolute Gasteiger partial charge is 0.193 e. The predicted molar refractivity (Wildman–Crippen MR) is 109 cm³/mol. The van der Waals surface area contributed by atoms with Crippen LogP contribution in [0.4, 0.5) is 0 Å². The zero-order valence-corrected chi connectivity index (χ0v) is 15.8. The van der Waals surface area contributed by atoms with Crippen molar-refractivity contribution in [3.8, 4) is 5.75 Å². The Morgan fingerprint density at radius 1 is 0.808 bits per heavy atom. The van der Waals surface area contributed by atoms with Gasteiger partial charge in [0.1, 0.15) is 5.75 Å². The summed E-state index contributed by atoms with van der Waals surface area (Å²) in [5.41, 5.74) is 1.38. The molecule has 0 atom stereocenters. The lowest BCUT2D eigenvalue weighted by atomic mass is 10.0. The van der Waals surface area contributed by atoms with E-state index in [1.54, 1.807) is 6.26 Å². The van der Waals surface area contributed by atoms with Crippen molar-refractivity contribution in [2.24, 2.45) is 0 Å². The Hall–Kier alpha value is -2.35. The van der Waals surface area contributed by atoms with E-state index in [1.165, 1.54) is 44.9 Å². The van der Waals surface area contributed by atoms with Crippen molar-refractivity contribution >= 4 is 5.78 Å². The van der Waals surface area contributed by atoms with Crippen molar-refractivity contribution in [3.63, 3.8) is 0 Å². The van der Waals surface area contributed by atoms with E-state index in [2.05, 4.69) is 13.0 Å². The Morgan fingerprint density at radius 3 is 2.12 bits per heavy atom. The first-order valence-electron chi connectivity index (χ1n) is 9.82. The Bertz CT molecular complexity index is 656. The molecule has 2 nitrogen and oxygen atoms in total. The zero-order valence-electron chi connectivity index (χ0n) is 15.8. The van der Waals surface area contributed by atoms with E-state index in [9.17, 15) is 4.79 Å². The van der Waals surface area contributed by atoms with Gasteiger partial charge >= 0.3 is 0 Å². The maximum absolute atomic E-state index is 12.3. The molecule has 0 N–H and O–H groups in total. The normalized spacial score (nSPS) is 11.0. The molecule has 26 heavy (non-hydrogen) atoms. The third-order valence-corrected chi connectivity index (χ3v) is 4.43. The molecule has 2 heteroatoms. The fourth-order valence-electron chi connectivity index (χ4n) is 2.86. The molecular formula is C24H30O2. The van der Waals surface area contributed by atoms with Crippen LogP contribution in [0.5, 0.6) is 5.75 Å². The molecule has 0 saturated heterocycles. The Labute approximate surface area is 157 Å². The summed E-state index contributed by atoms with van der Waals surface area (Å²) in [5.74, 6) is 0.789. The van der Waals surface area contributed by atoms with Gasteiger partial charge in [-0.25, -0.2) is 0 Å². The molecule has 0 aromatic heterocycles. The predicted octanol–water partition coefficient (Wildman–Crippen LogP) is 6.95. The lowest BCUT2D eigenvalue weighted by Crippen LogP contribution is -2.00. The Morgan fingerprint density at radius 2 is 1.42 bits per heavy atom. The number of ether oxygens (including phenoxy) is 1. The van der Waals surface area contributed by atoms with Crippen LogP contribution in [0.3, 0.4) is 0 Å². The Balaban J connectivity index is 1.67. The highest BCUT2D eigenvalue weighted by Crippen LogP contribution is 2.16. The van der Waals surface area contributed by atoms with Crippen molar-refractivity contribution in [2.75, 3.05) is 0 Å². The van der Waals surface area contributed by atoms with Crippen LogP contribution in [-0.2, 0) is 0 Å². The van der Waals surface area contributed by atoms with Gasteiger partial charge in [-0.05, 0) is 43.2 Å². The summed E-state index contributed by atoms with van der Waals surface area (Å²) < 4.78 is 5.61. The van der Waals surface area contributed by atoms with Crippen LogP contribution in [-0.4, -0.2) is 5.78 Å². The zero-order chi connectivity index (χ0) is 18.5. The van der Waals surface area contributed by atoms with Gasteiger partial charge in [0.05, 0.1) is 6.26 Å². The van der Waals surface area contributed by atoms with Crippen molar-refractivity contribution in [3.05, 3.63) is 78.1 Å². The number of carbonyl (C=O) groups excluding carboxylic acids is 1. The summed E-state index contributed by atoms with van der Waals surface area (Å²) in [7, 11) is 0. The number of unbranched alkanes of at least 4 members (excludes halogenated alkanes) is 7. The highest BCUT2D eigenvalue weighted by atomic mass is 16.5. The molecule has 0 unspecified atom stereocenters. The fraction of sp³-hybridized carbons (Fsp3) is 0.375. The molecule has 0 heterocycles. The van der Waals surface area contributed by atoms with Gasteiger partial charge in [0, 0.05) is 11.1 Å². The van der Waals surface area contributed by atoms with Gasteiger partial charge in [-0.2, -0.15) is 0 Å². The van der Waals surface area contributed by atoms with Crippen LogP contribution in [0.1, 0.15) is 74.2 Å². The summed E-state index contributed by atoms with van der Waals surface area (Å²) in [6.45, 7) is 2.25. The van der Waals surface area contributed by atoms with Gasteiger partial charge in [0.25, 0.3) is 0 Å². The van der Waals surface area contributed by atoms with E-state index < -0.39 is 0 Å². The summed E-state index contributed by atoms with van der Waals surface area (Å²) in [4.78, 5) is 12.3.